The third-order valence-electron chi connectivity index (χ3n) is 3.30. The number of piperidine rings is 1. The van der Waals surface area contributed by atoms with E-state index in [-0.39, 0.29) is 12.1 Å². The van der Waals surface area contributed by atoms with E-state index in [1.54, 1.807) is 0 Å². The predicted molar refractivity (Wildman–Crippen MR) is 71.2 cm³/mol. The molecule has 1 aliphatic rings. The normalized spacial score (nSPS) is 19.6. The summed E-state index contributed by atoms with van der Waals surface area (Å²) in [7, 11) is 0. The van der Waals surface area contributed by atoms with E-state index >= 15 is 0 Å². The molecular weight excluding hydrogens is 228 g/mol. The van der Waals surface area contributed by atoms with Crippen molar-refractivity contribution in [1.29, 1.82) is 0 Å². The number of carbonyl (C=O) groups is 1. The van der Waals surface area contributed by atoms with E-state index in [4.69, 9.17) is 10.5 Å². The van der Waals surface area contributed by atoms with Gasteiger partial charge in [-0.05, 0) is 43.9 Å². The first-order chi connectivity index (χ1) is 8.72. The summed E-state index contributed by atoms with van der Waals surface area (Å²) in [6.45, 7) is 3.01. The molecule has 2 N–H and O–H groups in total. The van der Waals surface area contributed by atoms with E-state index in [0.717, 1.165) is 37.1 Å². The molecule has 0 aromatic heterocycles. The lowest BCUT2D eigenvalue weighted by Crippen LogP contribution is -2.38. The second-order valence-electron chi connectivity index (χ2n) is 4.57. The number of nitrogen functional groups attached to an aromatic ring is 1. The van der Waals surface area contributed by atoms with Crippen molar-refractivity contribution >= 4 is 11.8 Å². The van der Waals surface area contributed by atoms with Gasteiger partial charge in [-0.15, -0.1) is 0 Å². The molecule has 0 saturated carbocycles. The van der Waals surface area contributed by atoms with Gasteiger partial charge in [-0.3, -0.25) is 0 Å². The predicted octanol–water partition coefficient (Wildman–Crippen LogP) is 2.95. The van der Waals surface area contributed by atoms with Gasteiger partial charge in [0.05, 0.1) is 12.6 Å². The number of hydrogen-bond donors (Lipinski definition) is 1. The van der Waals surface area contributed by atoms with Gasteiger partial charge in [0.15, 0.2) is 0 Å². The quantitative estimate of drug-likeness (QED) is 0.819. The van der Waals surface area contributed by atoms with Crippen LogP contribution in [0.5, 0.6) is 0 Å². The highest BCUT2D eigenvalue weighted by Gasteiger charge is 2.28. The maximum Gasteiger partial charge on any atom is 0.410 e. The molecule has 1 aliphatic heterocycles. The number of nitrogens with two attached hydrogens (primary N) is 1. The van der Waals surface area contributed by atoms with Crippen LogP contribution in [0.25, 0.3) is 0 Å². The zero-order valence-electron chi connectivity index (χ0n) is 10.8. The molecule has 0 radical (unpaired) electrons. The Hall–Kier alpha value is -1.71. The fourth-order valence-corrected chi connectivity index (χ4v) is 2.47. The molecule has 0 bridgehead atoms. The van der Waals surface area contributed by atoms with Crippen LogP contribution in [0.4, 0.5) is 10.5 Å². The minimum Gasteiger partial charge on any atom is -0.450 e. The minimum absolute atomic E-state index is 0.0984. The summed E-state index contributed by atoms with van der Waals surface area (Å²) in [5, 5.41) is 0. The Balaban J connectivity index is 2.20. The summed E-state index contributed by atoms with van der Waals surface area (Å²) in [5.41, 5.74) is 7.65. The topological polar surface area (TPSA) is 55.6 Å². The van der Waals surface area contributed by atoms with Gasteiger partial charge < -0.3 is 15.4 Å². The van der Waals surface area contributed by atoms with E-state index in [2.05, 4.69) is 0 Å². The molecule has 0 spiro atoms. The summed E-state index contributed by atoms with van der Waals surface area (Å²) in [6.07, 6.45) is 2.93. The number of carbonyl (C=O) groups excluding carboxylic acids is 1. The van der Waals surface area contributed by atoms with Gasteiger partial charge >= 0.3 is 6.09 Å². The number of benzene rings is 1. The molecular formula is C14H20N2O2. The molecule has 1 saturated heterocycles. The highest BCUT2D eigenvalue weighted by Crippen LogP contribution is 2.32. The monoisotopic (exact) mass is 248 g/mol. The van der Waals surface area contributed by atoms with Crippen LogP contribution in [0.1, 0.15) is 37.8 Å². The average molecular weight is 248 g/mol. The van der Waals surface area contributed by atoms with Crippen molar-refractivity contribution in [3.63, 3.8) is 0 Å². The summed E-state index contributed by atoms with van der Waals surface area (Å²) < 4.78 is 5.12. The lowest BCUT2D eigenvalue weighted by molar-refractivity contribution is 0.0766. The fraction of sp³-hybridized carbons (Fsp3) is 0.500. The molecule has 0 aliphatic carbocycles. The van der Waals surface area contributed by atoms with Crippen molar-refractivity contribution in [3.05, 3.63) is 29.8 Å². The van der Waals surface area contributed by atoms with Crippen LogP contribution in [0.3, 0.4) is 0 Å². The van der Waals surface area contributed by atoms with Gasteiger partial charge in [-0.25, -0.2) is 4.79 Å². The Morgan fingerprint density at radius 1 is 1.50 bits per heavy atom. The Kier molecular flexibility index (Phi) is 4.07. The molecule has 4 heteroatoms. The largest absolute Gasteiger partial charge is 0.450 e. The van der Waals surface area contributed by atoms with Crippen molar-refractivity contribution in [2.75, 3.05) is 18.9 Å². The molecule has 1 amide bonds. The van der Waals surface area contributed by atoms with Crippen LogP contribution in [-0.4, -0.2) is 24.1 Å². The van der Waals surface area contributed by atoms with E-state index in [1.807, 2.05) is 36.1 Å². The van der Waals surface area contributed by atoms with Gasteiger partial charge in [0.25, 0.3) is 0 Å². The van der Waals surface area contributed by atoms with Crippen LogP contribution in [0.2, 0.25) is 0 Å². The van der Waals surface area contributed by atoms with Crippen molar-refractivity contribution in [3.8, 4) is 0 Å². The Bertz CT molecular complexity index is 420. The molecule has 4 nitrogen and oxygen atoms in total. The summed E-state index contributed by atoms with van der Waals surface area (Å²) >= 11 is 0. The smallest absolute Gasteiger partial charge is 0.410 e. The molecule has 1 unspecified atom stereocenters. The van der Waals surface area contributed by atoms with Crippen molar-refractivity contribution in [2.45, 2.75) is 32.2 Å². The maximum absolute atomic E-state index is 11.9. The molecule has 98 valence electrons. The maximum atomic E-state index is 11.9. The zero-order chi connectivity index (χ0) is 13.0. The summed E-state index contributed by atoms with van der Waals surface area (Å²) in [5.74, 6) is 0. The van der Waals surface area contributed by atoms with E-state index in [1.165, 1.54) is 0 Å². The molecule has 1 aromatic carbocycles. The number of rotatable bonds is 2. The lowest BCUT2D eigenvalue weighted by atomic mass is 9.95. The summed E-state index contributed by atoms with van der Waals surface area (Å²) in [4.78, 5) is 13.8. The number of likely N-dealkylation sites (tertiary alicyclic amines) is 1. The standard InChI is InChI=1S/C14H20N2O2/c1-2-18-14(17)16-9-4-3-8-13(16)11-6-5-7-12(15)10-11/h5-7,10,13H,2-4,8-9,15H2,1H3. The highest BCUT2D eigenvalue weighted by atomic mass is 16.6. The number of anilines is 1. The molecule has 1 atom stereocenters. The van der Waals surface area contributed by atoms with Crippen LogP contribution in [-0.2, 0) is 4.74 Å². The molecule has 1 aromatic rings. The van der Waals surface area contributed by atoms with E-state index < -0.39 is 0 Å². The number of ether oxygens (including phenoxy) is 1. The van der Waals surface area contributed by atoms with Crippen molar-refractivity contribution in [1.82, 2.24) is 4.90 Å². The SMILES string of the molecule is CCOC(=O)N1CCCCC1c1cccc(N)c1. The Morgan fingerprint density at radius 2 is 2.33 bits per heavy atom. The van der Waals surface area contributed by atoms with Crippen LogP contribution >= 0.6 is 0 Å². The fourth-order valence-electron chi connectivity index (χ4n) is 2.47. The van der Waals surface area contributed by atoms with Crippen molar-refractivity contribution in [2.24, 2.45) is 0 Å². The van der Waals surface area contributed by atoms with Gasteiger partial charge in [-0.2, -0.15) is 0 Å². The number of nitrogens with zero attached hydrogens (tertiary/aromatic N) is 1. The van der Waals surface area contributed by atoms with Crippen LogP contribution in [0, 0.1) is 0 Å². The molecule has 2 rings (SSSR count). The third-order valence-corrected chi connectivity index (χ3v) is 3.30. The van der Waals surface area contributed by atoms with Crippen molar-refractivity contribution < 1.29 is 9.53 Å². The zero-order valence-corrected chi connectivity index (χ0v) is 10.8. The second kappa shape index (κ2) is 5.76. The first kappa shape index (κ1) is 12.7. The van der Waals surface area contributed by atoms with Gasteiger partial charge in [0, 0.05) is 12.2 Å². The molecule has 1 fully saturated rings. The molecule has 18 heavy (non-hydrogen) atoms. The van der Waals surface area contributed by atoms with E-state index in [9.17, 15) is 4.79 Å². The van der Waals surface area contributed by atoms with E-state index in [0.29, 0.717) is 6.61 Å². The van der Waals surface area contributed by atoms with Gasteiger partial charge in [0.1, 0.15) is 0 Å². The Labute approximate surface area is 108 Å². The van der Waals surface area contributed by atoms with Crippen LogP contribution < -0.4 is 5.73 Å². The first-order valence-electron chi connectivity index (χ1n) is 6.51. The van der Waals surface area contributed by atoms with Gasteiger partial charge in [-0.1, -0.05) is 12.1 Å². The lowest BCUT2D eigenvalue weighted by Gasteiger charge is -2.35. The highest BCUT2D eigenvalue weighted by molar-refractivity contribution is 5.68. The second-order valence-corrected chi connectivity index (χ2v) is 4.57. The minimum atomic E-state index is -0.218. The number of hydrogen-bond acceptors (Lipinski definition) is 3. The third kappa shape index (κ3) is 2.75. The Morgan fingerprint density at radius 3 is 3.06 bits per heavy atom. The first-order valence-corrected chi connectivity index (χ1v) is 6.51. The summed E-state index contributed by atoms with van der Waals surface area (Å²) in [6, 6.07) is 7.87. The van der Waals surface area contributed by atoms with Gasteiger partial charge in [0.2, 0.25) is 0 Å². The molecule has 1 heterocycles. The average Bonchev–Trinajstić information content (AvgIpc) is 2.39. The van der Waals surface area contributed by atoms with Crippen LogP contribution in [0.15, 0.2) is 24.3 Å². The number of amides is 1.